The molecule has 1 atom stereocenters. The van der Waals surface area contributed by atoms with Crippen LogP contribution in [0.25, 0.3) is 21.6 Å². The van der Waals surface area contributed by atoms with E-state index in [-0.39, 0.29) is 17.0 Å². The Morgan fingerprint density at radius 3 is 2.44 bits per heavy atom. The summed E-state index contributed by atoms with van der Waals surface area (Å²) < 4.78 is 14.9. The fourth-order valence-electron chi connectivity index (χ4n) is 6.30. The van der Waals surface area contributed by atoms with Crippen molar-refractivity contribution >= 4 is 49.8 Å². The Kier molecular flexibility index (Phi) is 7.96. The van der Waals surface area contributed by atoms with Crippen LogP contribution >= 0.6 is 11.3 Å². The predicted octanol–water partition coefficient (Wildman–Crippen LogP) is 7.78. The van der Waals surface area contributed by atoms with Crippen LogP contribution in [-0.2, 0) is 16.2 Å². The van der Waals surface area contributed by atoms with Crippen molar-refractivity contribution in [2.45, 2.75) is 47.3 Å². The molecule has 1 unspecified atom stereocenters. The fraction of sp³-hybridized carbons (Fsp3) is 0.211. The number of aliphatic hydroxyl groups is 1. The van der Waals surface area contributed by atoms with Crippen LogP contribution in [0.2, 0.25) is 0 Å². The number of hydrogen-bond donors (Lipinski definition) is 1. The number of aromatic nitrogens is 3. The van der Waals surface area contributed by atoms with Crippen molar-refractivity contribution in [3.63, 3.8) is 0 Å². The third-order valence-electron chi connectivity index (χ3n) is 8.60. The molecule has 10 heteroatoms. The maximum atomic E-state index is 14.0. The number of rotatable bonds is 8. The number of benzene rings is 3. The molecule has 0 bridgehead atoms. The molecule has 7 rings (SSSR count). The number of nitrogens with zero attached hydrogens (tertiary/aromatic N) is 4. The first kappa shape index (κ1) is 31.1. The summed E-state index contributed by atoms with van der Waals surface area (Å²) in [4.78, 5) is 39.0. The number of pyridine rings is 1. The molecule has 0 spiro atoms. The number of imidazole rings is 1. The number of aliphatic hydroxyl groups excluding tert-OH is 1. The summed E-state index contributed by atoms with van der Waals surface area (Å²) in [5.74, 6) is -0.988. The van der Waals surface area contributed by atoms with E-state index >= 15 is 0 Å². The van der Waals surface area contributed by atoms with Gasteiger partial charge < -0.3 is 19.0 Å². The normalized spacial score (nSPS) is 15.9. The molecule has 1 aliphatic rings. The van der Waals surface area contributed by atoms with Gasteiger partial charge in [0, 0.05) is 6.20 Å². The number of carbonyl (C=O) groups is 2. The van der Waals surface area contributed by atoms with Crippen LogP contribution in [-0.4, -0.2) is 37.8 Å². The lowest BCUT2D eigenvalue weighted by Crippen LogP contribution is -2.29. The van der Waals surface area contributed by atoms with Gasteiger partial charge in [-0.2, -0.15) is 0 Å². The summed E-state index contributed by atoms with van der Waals surface area (Å²) in [6.45, 7) is 10.3. The smallest absolute Gasteiger partial charge is 0.301 e. The Bertz CT molecular complexity index is 2270. The third kappa shape index (κ3) is 5.28. The molecule has 242 valence electrons. The number of ether oxygens (including phenoxy) is 2. The van der Waals surface area contributed by atoms with E-state index in [4.69, 9.17) is 19.4 Å². The highest BCUT2D eigenvalue weighted by atomic mass is 32.1. The van der Waals surface area contributed by atoms with E-state index in [0.29, 0.717) is 46.7 Å². The molecule has 3 aromatic carbocycles. The van der Waals surface area contributed by atoms with Crippen molar-refractivity contribution in [3.05, 3.63) is 124 Å². The molecule has 1 saturated heterocycles. The van der Waals surface area contributed by atoms with Crippen LogP contribution in [0, 0.1) is 27.7 Å². The summed E-state index contributed by atoms with van der Waals surface area (Å²) >= 11 is 1.33. The molecule has 1 N–H and O–H groups in total. The number of ketones is 1. The van der Waals surface area contributed by atoms with Crippen LogP contribution in [0.5, 0.6) is 11.5 Å². The highest BCUT2D eigenvalue weighted by Gasteiger charge is 2.49. The van der Waals surface area contributed by atoms with E-state index in [0.717, 1.165) is 32.5 Å². The summed E-state index contributed by atoms with van der Waals surface area (Å²) in [6, 6.07) is 22.0. The van der Waals surface area contributed by atoms with Gasteiger partial charge in [0.1, 0.15) is 17.9 Å². The number of fused-ring (bicyclic) bond motifs is 2. The van der Waals surface area contributed by atoms with Crippen molar-refractivity contribution in [1.82, 2.24) is 14.4 Å². The van der Waals surface area contributed by atoms with E-state index in [1.807, 2.05) is 99.8 Å². The minimum absolute atomic E-state index is 0.0725. The standard InChI is InChI=1S/C38H34N4O5S/c1-6-46-28-19-26(14-15-27(28)47-20-25-12-8-7-9-13-25)33-30(34(43)32-24(5)41-16-10-11-22(3)36(41)39-32)35(44)37(45)42(33)38-40-31-23(4)17-21(2)18-29(31)48-38/h7-19,33,43H,6,20H2,1-5H3/b34-30+. The molecule has 4 heterocycles. The van der Waals surface area contributed by atoms with Gasteiger partial charge >= 0.3 is 5.91 Å². The monoisotopic (exact) mass is 658 g/mol. The number of hydrogen-bond acceptors (Lipinski definition) is 8. The average molecular weight is 659 g/mol. The molecule has 9 nitrogen and oxygen atoms in total. The third-order valence-corrected chi connectivity index (χ3v) is 9.60. The van der Waals surface area contributed by atoms with Gasteiger partial charge in [0.15, 0.2) is 22.4 Å². The predicted molar refractivity (Wildman–Crippen MR) is 187 cm³/mol. The van der Waals surface area contributed by atoms with Crippen molar-refractivity contribution < 1.29 is 24.2 Å². The van der Waals surface area contributed by atoms with Gasteiger partial charge in [-0.15, -0.1) is 0 Å². The van der Waals surface area contributed by atoms with Gasteiger partial charge in [-0.1, -0.05) is 59.9 Å². The molecule has 6 aromatic rings. The van der Waals surface area contributed by atoms with Crippen molar-refractivity contribution in [2.75, 3.05) is 11.5 Å². The lowest BCUT2D eigenvalue weighted by molar-refractivity contribution is -0.132. The molecule has 1 aliphatic heterocycles. The van der Waals surface area contributed by atoms with Crippen molar-refractivity contribution in [1.29, 1.82) is 0 Å². The van der Waals surface area contributed by atoms with Crippen LogP contribution in [0.3, 0.4) is 0 Å². The first-order chi connectivity index (χ1) is 23.2. The second-order valence-corrected chi connectivity index (χ2v) is 12.9. The fourth-order valence-corrected chi connectivity index (χ4v) is 7.47. The largest absolute Gasteiger partial charge is 0.505 e. The average Bonchev–Trinajstić information content (AvgIpc) is 3.73. The Hall–Kier alpha value is -5.48. The first-order valence-corrected chi connectivity index (χ1v) is 16.5. The Morgan fingerprint density at radius 1 is 0.896 bits per heavy atom. The number of aryl methyl sites for hydroxylation is 4. The zero-order chi connectivity index (χ0) is 33.7. The van der Waals surface area contributed by atoms with E-state index in [1.165, 1.54) is 16.2 Å². The van der Waals surface area contributed by atoms with Crippen LogP contribution < -0.4 is 14.4 Å². The molecular formula is C38H34N4O5S. The zero-order valence-electron chi connectivity index (χ0n) is 27.3. The second kappa shape index (κ2) is 12.3. The van der Waals surface area contributed by atoms with Crippen LogP contribution in [0.4, 0.5) is 5.13 Å². The molecule has 0 aliphatic carbocycles. The Labute approximate surface area is 281 Å². The Morgan fingerprint density at radius 2 is 1.69 bits per heavy atom. The minimum Gasteiger partial charge on any atom is -0.505 e. The number of Topliss-reactive ketones (excluding diaryl/α,β-unsaturated/α-hetero) is 1. The van der Waals surface area contributed by atoms with Gasteiger partial charge in [0.05, 0.1) is 34.1 Å². The number of anilines is 1. The summed E-state index contributed by atoms with van der Waals surface area (Å²) in [5, 5.41) is 12.3. The highest BCUT2D eigenvalue weighted by molar-refractivity contribution is 7.22. The summed E-state index contributed by atoms with van der Waals surface area (Å²) in [5.41, 5.74) is 6.70. The maximum absolute atomic E-state index is 14.0. The maximum Gasteiger partial charge on any atom is 0.301 e. The van der Waals surface area contributed by atoms with Gasteiger partial charge in [-0.05, 0) is 86.7 Å². The van der Waals surface area contributed by atoms with Gasteiger partial charge in [-0.25, -0.2) is 9.97 Å². The quantitative estimate of drug-likeness (QED) is 0.101. The van der Waals surface area contributed by atoms with Crippen molar-refractivity contribution in [2.24, 2.45) is 0 Å². The lowest BCUT2D eigenvalue weighted by atomic mass is 9.96. The highest BCUT2D eigenvalue weighted by Crippen LogP contribution is 2.46. The van der Waals surface area contributed by atoms with Crippen LogP contribution in [0.1, 0.15) is 52.2 Å². The second-order valence-electron chi connectivity index (χ2n) is 11.9. The van der Waals surface area contributed by atoms with Gasteiger partial charge in [0.2, 0.25) is 0 Å². The van der Waals surface area contributed by atoms with E-state index < -0.39 is 17.7 Å². The SMILES string of the molecule is CCOc1cc(C2/C(=C(\O)c3nc4c(C)cccn4c3C)C(=O)C(=O)N2c2nc3c(C)cc(C)cc3s2)ccc1OCc1ccccc1. The summed E-state index contributed by atoms with van der Waals surface area (Å²) in [7, 11) is 0. The molecule has 48 heavy (non-hydrogen) atoms. The minimum atomic E-state index is -1.01. The topological polar surface area (TPSA) is 106 Å². The molecular weight excluding hydrogens is 625 g/mol. The molecule has 0 radical (unpaired) electrons. The van der Waals surface area contributed by atoms with E-state index in [2.05, 4.69) is 0 Å². The molecule has 0 saturated carbocycles. The molecule has 1 fully saturated rings. The van der Waals surface area contributed by atoms with Crippen LogP contribution in [0.15, 0.2) is 84.6 Å². The molecule has 3 aromatic heterocycles. The lowest BCUT2D eigenvalue weighted by Gasteiger charge is -2.24. The Balaban J connectivity index is 1.41. The van der Waals surface area contributed by atoms with Crippen molar-refractivity contribution in [3.8, 4) is 11.5 Å². The first-order valence-electron chi connectivity index (χ1n) is 15.7. The van der Waals surface area contributed by atoms with E-state index in [1.54, 1.807) is 18.2 Å². The van der Waals surface area contributed by atoms with Gasteiger partial charge in [-0.3, -0.25) is 14.5 Å². The number of carbonyl (C=O) groups excluding carboxylic acids is 2. The summed E-state index contributed by atoms with van der Waals surface area (Å²) in [6.07, 6.45) is 1.85. The zero-order valence-corrected chi connectivity index (χ0v) is 28.1. The number of thiazole rings is 1. The molecule has 1 amide bonds. The number of amides is 1. The van der Waals surface area contributed by atoms with Gasteiger partial charge in [0.25, 0.3) is 5.78 Å². The van der Waals surface area contributed by atoms with E-state index in [9.17, 15) is 14.7 Å².